The molecule has 0 atom stereocenters. The Morgan fingerprint density at radius 3 is 3.15 bits per heavy atom. The molecule has 3 heterocycles. The minimum atomic E-state index is -0.240. The maximum Gasteiger partial charge on any atom is 0.311 e. The van der Waals surface area contributed by atoms with Crippen LogP contribution in [0.1, 0.15) is 12.6 Å². The van der Waals surface area contributed by atoms with E-state index in [0.29, 0.717) is 6.61 Å². The summed E-state index contributed by atoms with van der Waals surface area (Å²) in [6.45, 7) is 2.20. The first kappa shape index (κ1) is 13.2. The van der Waals surface area contributed by atoms with E-state index >= 15 is 0 Å². The molecule has 0 radical (unpaired) electrons. The molecule has 0 bridgehead atoms. The normalized spacial score (nSPS) is 10.8. The van der Waals surface area contributed by atoms with Gasteiger partial charge in [-0.15, -0.1) is 22.7 Å². The number of pyridine rings is 1. The fourth-order valence-corrected chi connectivity index (χ4v) is 3.43. The SMILES string of the molecule is CCOC(=O)Cc1csc(-c2cnc3ccsc3c2)n1. The summed E-state index contributed by atoms with van der Waals surface area (Å²) in [7, 11) is 0. The third-order valence-electron chi connectivity index (χ3n) is 2.73. The smallest absolute Gasteiger partial charge is 0.311 e. The molecule has 3 aromatic heterocycles. The summed E-state index contributed by atoms with van der Waals surface area (Å²) < 4.78 is 6.07. The Morgan fingerprint density at radius 2 is 2.30 bits per heavy atom. The van der Waals surface area contributed by atoms with Crippen LogP contribution in [0.5, 0.6) is 0 Å². The van der Waals surface area contributed by atoms with Crippen molar-refractivity contribution < 1.29 is 9.53 Å². The van der Waals surface area contributed by atoms with Gasteiger partial charge in [-0.2, -0.15) is 0 Å². The van der Waals surface area contributed by atoms with Crippen molar-refractivity contribution in [3.8, 4) is 10.6 Å². The molecule has 4 nitrogen and oxygen atoms in total. The van der Waals surface area contributed by atoms with Crippen molar-refractivity contribution >= 4 is 38.9 Å². The maximum atomic E-state index is 11.4. The number of thiazole rings is 1. The average molecular weight is 304 g/mol. The highest BCUT2D eigenvalue weighted by Crippen LogP contribution is 2.28. The van der Waals surface area contributed by atoms with Gasteiger partial charge >= 0.3 is 5.97 Å². The molecule has 0 spiro atoms. The minimum Gasteiger partial charge on any atom is -0.466 e. The number of carbonyl (C=O) groups excluding carboxylic acids is 1. The lowest BCUT2D eigenvalue weighted by Crippen LogP contribution is -2.07. The lowest BCUT2D eigenvalue weighted by molar-refractivity contribution is -0.142. The molecule has 0 unspecified atom stereocenters. The zero-order valence-corrected chi connectivity index (χ0v) is 12.5. The number of hydrogen-bond donors (Lipinski definition) is 0. The van der Waals surface area contributed by atoms with Crippen LogP contribution in [-0.2, 0) is 16.0 Å². The van der Waals surface area contributed by atoms with Crippen LogP contribution >= 0.6 is 22.7 Å². The molecule has 3 aromatic rings. The molecule has 0 N–H and O–H groups in total. The van der Waals surface area contributed by atoms with Gasteiger partial charge in [-0.25, -0.2) is 4.98 Å². The van der Waals surface area contributed by atoms with Crippen LogP contribution in [0.4, 0.5) is 0 Å². The minimum absolute atomic E-state index is 0.221. The van der Waals surface area contributed by atoms with Crippen LogP contribution in [-0.4, -0.2) is 22.5 Å². The predicted molar refractivity (Wildman–Crippen MR) is 81.1 cm³/mol. The molecule has 0 saturated heterocycles. The van der Waals surface area contributed by atoms with E-state index in [-0.39, 0.29) is 12.4 Å². The molecule has 20 heavy (non-hydrogen) atoms. The number of nitrogens with zero attached hydrogens (tertiary/aromatic N) is 2. The predicted octanol–water partition coefficient (Wildman–Crippen LogP) is 3.53. The van der Waals surface area contributed by atoms with E-state index in [2.05, 4.69) is 16.0 Å². The van der Waals surface area contributed by atoms with Crippen LogP contribution in [0.2, 0.25) is 0 Å². The van der Waals surface area contributed by atoms with E-state index in [9.17, 15) is 4.79 Å². The number of thiophene rings is 1. The fraction of sp³-hybridized carbons (Fsp3) is 0.214. The highest BCUT2D eigenvalue weighted by molar-refractivity contribution is 7.17. The Labute approximate surface area is 124 Å². The van der Waals surface area contributed by atoms with Crippen molar-refractivity contribution in [2.75, 3.05) is 6.61 Å². The Hall–Kier alpha value is -1.79. The summed E-state index contributed by atoms with van der Waals surface area (Å²) in [5.74, 6) is -0.240. The van der Waals surface area contributed by atoms with Crippen LogP contribution in [0.3, 0.4) is 0 Å². The van der Waals surface area contributed by atoms with Gasteiger partial charge < -0.3 is 4.74 Å². The second kappa shape index (κ2) is 5.68. The largest absolute Gasteiger partial charge is 0.466 e. The first-order chi connectivity index (χ1) is 9.76. The standard InChI is InChI=1S/C14H12N2O2S2/c1-2-18-13(17)6-10-8-20-14(16-10)9-5-12-11(15-7-9)3-4-19-12/h3-5,7-8H,2,6H2,1H3. The summed E-state index contributed by atoms with van der Waals surface area (Å²) in [5.41, 5.74) is 2.73. The number of fused-ring (bicyclic) bond motifs is 1. The Morgan fingerprint density at radius 1 is 1.40 bits per heavy atom. The lowest BCUT2D eigenvalue weighted by Gasteiger charge is -1.98. The zero-order valence-electron chi connectivity index (χ0n) is 10.8. The molecule has 0 aliphatic rings. The van der Waals surface area contributed by atoms with E-state index in [1.54, 1.807) is 18.3 Å². The fourth-order valence-electron chi connectivity index (χ4n) is 1.84. The van der Waals surface area contributed by atoms with Gasteiger partial charge in [0.05, 0.1) is 28.9 Å². The number of carbonyl (C=O) groups is 1. The third-order valence-corrected chi connectivity index (χ3v) is 4.53. The number of esters is 1. The third kappa shape index (κ3) is 2.71. The molecule has 0 fully saturated rings. The van der Waals surface area contributed by atoms with Crippen molar-refractivity contribution in [3.63, 3.8) is 0 Å². The summed E-state index contributed by atoms with van der Waals surface area (Å²) in [6.07, 6.45) is 2.04. The molecular weight excluding hydrogens is 292 g/mol. The van der Waals surface area contributed by atoms with Crippen molar-refractivity contribution in [1.29, 1.82) is 0 Å². The summed E-state index contributed by atoms with van der Waals surface area (Å²) in [6, 6.07) is 4.08. The average Bonchev–Trinajstić information content (AvgIpc) is 3.06. The highest BCUT2D eigenvalue weighted by Gasteiger charge is 2.10. The molecule has 0 aromatic carbocycles. The molecular formula is C14H12N2O2S2. The summed E-state index contributed by atoms with van der Waals surface area (Å²) in [4.78, 5) is 20.3. The van der Waals surface area contributed by atoms with Crippen molar-refractivity contribution in [2.45, 2.75) is 13.3 Å². The highest BCUT2D eigenvalue weighted by atomic mass is 32.1. The molecule has 0 aliphatic heterocycles. The van der Waals surface area contributed by atoms with E-state index in [4.69, 9.17) is 4.74 Å². The van der Waals surface area contributed by atoms with Crippen molar-refractivity contribution in [1.82, 2.24) is 9.97 Å². The van der Waals surface area contributed by atoms with Crippen LogP contribution in [0, 0.1) is 0 Å². The quantitative estimate of drug-likeness (QED) is 0.692. The van der Waals surface area contributed by atoms with Crippen molar-refractivity contribution in [2.24, 2.45) is 0 Å². The van der Waals surface area contributed by atoms with Crippen LogP contribution < -0.4 is 0 Å². The van der Waals surface area contributed by atoms with Crippen molar-refractivity contribution in [3.05, 3.63) is 34.8 Å². The summed E-state index contributed by atoms with van der Waals surface area (Å²) in [5, 5.41) is 4.80. The molecule has 0 amide bonds. The molecule has 102 valence electrons. The molecule has 0 aliphatic carbocycles. The second-order valence-corrected chi connectivity index (χ2v) is 5.96. The van der Waals surface area contributed by atoms with E-state index < -0.39 is 0 Å². The molecule has 6 heteroatoms. The maximum absolute atomic E-state index is 11.4. The molecule has 0 saturated carbocycles. The first-order valence-electron chi connectivity index (χ1n) is 6.20. The van der Waals surface area contributed by atoms with Gasteiger partial charge in [0.25, 0.3) is 0 Å². The monoisotopic (exact) mass is 304 g/mol. The Kier molecular flexibility index (Phi) is 3.75. The number of rotatable bonds is 4. The summed E-state index contributed by atoms with van der Waals surface area (Å²) >= 11 is 3.18. The van der Waals surface area contributed by atoms with Gasteiger partial charge in [-0.05, 0) is 24.4 Å². The molecule has 3 rings (SSSR count). The lowest BCUT2D eigenvalue weighted by atomic mass is 10.3. The van der Waals surface area contributed by atoms with E-state index in [1.165, 1.54) is 11.3 Å². The number of ether oxygens (including phenoxy) is 1. The van der Waals surface area contributed by atoms with E-state index in [1.807, 2.05) is 23.0 Å². The zero-order chi connectivity index (χ0) is 13.9. The Bertz CT molecular complexity index is 748. The second-order valence-electron chi connectivity index (χ2n) is 4.15. The van der Waals surface area contributed by atoms with Crippen LogP contribution in [0.25, 0.3) is 20.8 Å². The van der Waals surface area contributed by atoms with Gasteiger partial charge in [-0.1, -0.05) is 0 Å². The van der Waals surface area contributed by atoms with Gasteiger partial charge in [0.2, 0.25) is 0 Å². The number of aromatic nitrogens is 2. The van der Waals surface area contributed by atoms with Crippen LogP contribution in [0.15, 0.2) is 29.1 Å². The topological polar surface area (TPSA) is 52.1 Å². The van der Waals surface area contributed by atoms with Gasteiger partial charge in [-0.3, -0.25) is 9.78 Å². The van der Waals surface area contributed by atoms with Gasteiger partial charge in [0, 0.05) is 17.1 Å². The Balaban J connectivity index is 1.83. The first-order valence-corrected chi connectivity index (χ1v) is 7.96. The van der Waals surface area contributed by atoms with Gasteiger partial charge in [0.15, 0.2) is 0 Å². The van der Waals surface area contributed by atoms with E-state index in [0.717, 1.165) is 26.5 Å². The van der Waals surface area contributed by atoms with Gasteiger partial charge in [0.1, 0.15) is 5.01 Å². The number of hydrogen-bond acceptors (Lipinski definition) is 6.